The molecule has 21 heavy (non-hydrogen) atoms. The van der Waals surface area contributed by atoms with Crippen molar-refractivity contribution < 1.29 is 9.53 Å². The van der Waals surface area contributed by atoms with Crippen LogP contribution in [0.1, 0.15) is 32.1 Å². The van der Waals surface area contributed by atoms with Crippen LogP contribution in [0.3, 0.4) is 0 Å². The average Bonchev–Trinajstić information content (AvgIpc) is 3.40. The summed E-state index contributed by atoms with van der Waals surface area (Å²) < 4.78 is 4.92. The normalized spacial score (nSPS) is 25.8. The van der Waals surface area contributed by atoms with Crippen LogP contribution in [0.5, 0.6) is 0 Å². The number of esters is 1. The van der Waals surface area contributed by atoms with Crippen molar-refractivity contribution in [2.45, 2.75) is 44.2 Å². The molecule has 1 atom stereocenters. The van der Waals surface area contributed by atoms with Gasteiger partial charge >= 0.3 is 5.97 Å². The minimum Gasteiger partial charge on any atom is -0.468 e. The van der Waals surface area contributed by atoms with E-state index in [2.05, 4.69) is 15.1 Å². The SMILES string of the molecule is COC(=O)C(CCN1CCN(CC2CC2)CC1)NC1CC1. The van der Waals surface area contributed by atoms with Crippen LogP contribution in [-0.4, -0.2) is 74.2 Å². The third-order valence-electron chi connectivity index (χ3n) is 4.91. The summed E-state index contributed by atoms with van der Waals surface area (Å²) in [6.07, 6.45) is 6.15. The first kappa shape index (κ1) is 15.3. The first-order valence-electron chi connectivity index (χ1n) is 8.53. The lowest BCUT2D eigenvalue weighted by atomic mass is 10.1. The van der Waals surface area contributed by atoms with Crippen LogP contribution in [0.2, 0.25) is 0 Å². The van der Waals surface area contributed by atoms with E-state index in [0.717, 1.165) is 32.0 Å². The molecule has 0 aromatic carbocycles. The zero-order valence-corrected chi connectivity index (χ0v) is 13.2. The zero-order chi connectivity index (χ0) is 14.7. The van der Waals surface area contributed by atoms with Crippen molar-refractivity contribution in [2.24, 2.45) is 5.92 Å². The molecular weight excluding hydrogens is 266 g/mol. The van der Waals surface area contributed by atoms with Crippen molar-refractivity contribution in [3.8, 4) is 0 Å². The van der Waals surface area contributed by atoms with Gasteiger partial charge < -0.3 is 19.9 Å². The van der Waals surface area contributed by atoms with Crippen LogP contribution in [0, 0.1) is 5.92 Å². The molecule has 2 saturated carbocycles. The zero-order valence-electron chi connectivity index (χ0n) is 13.2. The molecular formula is C16H29N3O2. The minimum absolute atomic E-state index is 0.103. The Kier molecular flexibility index (Phi) is 5.14. The predicted molar refractivity (Wildman–Crippen MR) is 82.2 cm³/mol. The Bertz CT molecular complexity index is 347. The lowest BCUT2D eigenvalue weighted by Crippen LogP contribution is -2.49. The first-order valence-corrected chi connectivity index (χ1v) is 8.53. The van der Waals surface area contributed by atoms with Crippen LogP contribution < -0.4 is 5.32 Å². The van der Waals surface area contributed by atoms with E-state index in [1.165, 1.54) is 52.4 Å². The van der Waals surface area contributed by atoms with Gasteiger partial charge in [-0.15, -0.1) is 0 Å². The summed E-state index contributed by atoms with van der Waals surface area (Å²) in [5, 5.41) is 3.41. The monoisotopic (exact) mass is 295 g/mol. The Hall–Kier alpha value is -0.650. The van der Waals surface area contributed by atoms with Crippen molar-refractivity contribution in [2.75, 3.05) is 46.4 Å². The van der Waals surface area contributed by atoms with Crippen LogP contribution in [-0.2, 0) is 9.53 Å². The van der Waals surface area contributed by atoms with Crippen molar-refractivity contribution in [3.05, 3.63) is 0 Å². The number of ether oxygens (including phenoxy) is 1. The first-order chi connectivity index (χ1) is 10.2. The summed E-state index contributed by atoms with van der Waals surface area (Å²) in [5.41, 5.74) is 0. The molecule has 0 aromatic rings. The van der Waals surface area contributed by atoms with E-state index in [0.29, 0.717) is 6.04 Å². The molecule has 3 fully saturated rings. The van der Waals surface area contributed by atoms with Crippen LogP contribution >= 0.6 is 0 Å². The summed E-state index contributed by atoms with van der Waals surface area (Å²) >= 11 is 0. The van der Waals surface area contributed by atoms with Gasteiger partial charge in [-0.05, 0) is 38.0 Å². The number of methoxy groups -OCH3 is 1. The maximum Gasteiger partial charge on any atom is 0.322 e. The fourth-order valence-electron chi connectivity index (χ4n) is 3.12. The van der Waals surface area contributed by atoms with Crippen molar-refractivity contribution in [1.82, 2.24) is 15.1 Å². The molecule has 0 spiro atoms. The average molecular weight is 295 g/mol. The fourth-order valence-corrected chi connectivity index (χ4v) is 3.12. The maximum absolute atomic E-state index is 11.8. The Balaban J connectivity index is 1.36. The second kappa shape index (κ2) is 7.07. The molecule has 1 unspecified atom stereocenters. The molecule has 1 saturated heterocycles. The molecule has 1 N–H and O–H groups in total. The summed E-state index contributed by atoms with van der Waals surface area (Å²) in [6.45, 7) is 6.97. The maximum atomic E-state index is 11.8. The molecule has 0 amide bonds. The predicted octanol–water partition coefficient (Wildman–Crippen LogP) is 0.698. The Labute approximate surface area is 128 Å². The highest BCUT2D eigenvalue weighted by atomic mass is 16.5. The Morgan fingerprint density at radius 3 is 2.38 bits per heavy atom. The molecule has 5 nitrogen and oxygen atoms in total. The van der Waals surface area contributed by atoms with E-state index in [-0.39, 0.29) is 12.0 Å². The van der Waals surface area contributed by atoms with E-state index in [4.69, 9.17) is 4.74 Å². The molecule has 120 valence electrons. The minimum atomic E-state index is -0.119. The summed E-state index contributed by atoms with van der Waals surface area (Å²) in [7, 11) is 1.49. The lowest BCUT2D eigenvalue weighted by molar-refractivity contribution is -0.143. The highest BCUT2D eigenvalue weighted by Gasteiger charge is 2.30. The number of carbonyl (C=O) groups is 1. The molecule has 5 heteroatoms. The molecule has 1 heterocycles. The molecule has 0 aromatic heterocycles. The van der Waals surface area contributed by atoms with Crippen LogP contribution in [0.4, 0.5) is 0 Å². The van der Waals surface area contributed by atoms with E-state index in [1.54, 1.807) is 0 Å². The molecule has 0 radical (unpaired) electrons. The third-order valence-corrected chi connectivity index (χ3v) is 4.91. The number of nitrogens with zero attached hydrogens (tertiary/aromatic N) is 2. The van der Waals surface area contributed by atoms with E-state index in [9.17, 15) is 4.79 Å². The van der Waals surface area contributed by atoms with Gasteiger partial charge in [0.1, 0.15) is 6.04 Å². The van der Waals surface area contributed by atoms with Gasteiger partial charge in [0.05, 0.1) is 7.11 Å². The van der Waals surface area contributed by atoms with Gasteiger partial charge in [-0.2, -0.15) is 0 Å². The fraction of sp³-hybridized carbons (Fsp3) is 0.938. The number of carbonyl (C=O) groups excluding carboxylic acids is 1. The van der Waals surface area contributed by atoms with Crippen molar-refractivity contribution in [3.63, 3.8) is 0 Å². The number of rotatable bonds is 8. The van der Waals surface area contributed by atoms with E-state index >= 15 is 0 Å². The number of hydrogen-bond donors (Lipinski definition) is 1. The van der Waals surface area contributed by atoms with Crippen molar-refractivity contribution >= 4 is 5.97 Å². The van der Waals surface area contributed by atoms with Gasteiger partial charge in [0.15, 0.2) is 0 Å². The van der Waals surface area contributed by atoms with Crippen molar-refractivity contribution in [1.29, 1.82) is 0 Å². The molecule has 2 aliphatic carbocycles. The number of piperazine rings is 1. The van der Waals surface area contributed by atoms with Gasteiger partial charge in [-0.25, -0.2) is 0 Å². The Morgan fingerprint density at radius 1 is 1.14 bits per heavy atom. The van der Waals surface area contributed by atoms with Crippen LogP contribution in [0.15, 0.2) is 0 Å². The number of hydrogen-bond acceptors (Lipinski definition) is 5. The summed E-state index contributed by atoms with van der Waals surface area (Å²) in [6, 6.07) is 0.427. The Morgan fingerprint density at radius 2 is 1.81 bits per heavy atom. The van der Waals surface area contributed by atoms with Gasteiger partial charge in [0.25, 0.3) is 0 Å². The smallest absolute Gasteiger partial charge is 0.322 e. The van der Waals surface area contributed by atoms with Gasteiger partial charge in [-0.1, -0.05) is 0 Å². The quantitative estimate of drug-likeness (QED) is 0.668. The van der Waals surface area contributed by atoms with Gasteiger partial charge in [0.2, 0.25) is 0 Å². The second-order valence-electron chi connectivity index (χ2n) is 6.89. The lowest BCUT2D eigenvalue weighted by Gasteiger charge is -2.35. The second-order valence-corrected chi connectivity index (χ2v) is 6.89. The van der Waals surface area contributed by atoms with Crippen LogP contribution in [0.25, 0.3) is 0 Å². The molecule has 0 bridgehead atoms. The van der Waals surface area contributed by atoms with Gasteiger partial charge in [0, 0.05) is 45.3 Å². The number of nitrogens with one attached hydrogen (secondary N) is 1. The summed E-state index contributed by atoms with van der Waals surface area (Å²) in [4.78, 5) is 16.9. The topological polar surface area (TPSA) is 44.8 Å². The van der Waals surface area contributed by atoms with E-state index in [1.807, 2.05) is 0 Å². The summed E-state index contributed by atoms with van der Waals surface area (Å²) in [5.74, 6) is 0.886. The molecule has 1 aliphatic heterocycles. The highest BCUT2D eigenvalue weighted by Crippen LogP contribution is 2.29. The van der Waals surface area contributed by atoms with Gasteiger partial charge in [-0.3, -0.25) is 4.79 Å². The highest BCUT2D eigenvalue weighted by molar-refractivity contribution is 5.75. The largest absolute Gasteiger partial charge is 0.468 e. The molecule has 3 aliphatic rings. The third kappa shape index (κ3) is 4.94. The standard InChI is InChI=1S/C16H29N3O2/c1-21-16(20)15(17-14-4-5-14)6-7-18-8-10-19(11-9-18)12-13-2-3-13/h13-15,17H,2-12H2,1H3. The van der Waals surface area contributed by atoms with E-state index < -0.39 is 0 Å². The molecule has 3 rings (SSSR count).